The molecule has 7 nitrogen and oxygen atoms in total. The minimum absolute atomic E-state index is 0.151. The number of aliphatic carboxylic acids is 1. The topological polar surface area (TPSA) is 91.6 Å². The summed E-state index contributed by atoms with van der Waals surface area (Å²) in [7, 11) is 3.98. The fraction of sp³-hybridized carbons (Fsp3) is 0.433. The van der Waals surface area contributed by atoms with Gasteiger partial charge in [0.2, 0.25) is 5.91 Å². The van der Waals surface area contributed by atoms with E-state index in [1.807, 2.05) is 45.5 Å². The summed E-state index contributed by atoms with van der Waals surface area (Å²) in [6, 6.07) is 9.96. The van der Waals surface area contributed by atoms with Crippen LogP contribution in [0.1, 0.15) is 61.0 Å². The molecule has 2 heterocycles. The molecule has 2 N–H and O–H groups in total. The van der Waals surface area contributed by atoms with Crippen molar-refractivity contribution in [1.29, 1.82) is 0 Å². The third-order valence-corrected chi connectivity index (χ3v) is 7.59. The summed E-state index contributed by atoms with van der Waals surface area (Å²) in [5.41, 5.74) is 4.88. The van der Waals surface area contributed by atoms with Gasteiger partial charge in [0.15, 0.2) is 0 Å². The van der Waals surface area contributed by atoms with Gasteiger partial charge in [0, 0.05) is 23.7 Å². The summed E-state index contributed by atoms with van der Waals surface area (Å²) in [5.74, 6) is -1.20. The SMILES string of the molecule is Cc1cccc(C)c1-c1cc([C@H](CC(=O)O)NC(=O)C(CC(C)C)n2cc(CCN(C)C)ccc2=O)cs1. The highest BCUT2D eigenvalue weighted by molar-refractivity contribution is 7.13. The number of nitrogens with one attached hydrogen (secondary N) is 1. The van der Waals surface area contributed by atoms with Crippen molar-refractivity contribution in [3.8, 4) is 10.4 Å². The number of amides is 1. The van der Waals surface area contributed by atoms with Gasteiger partial charge < -0.3 is 19.9 Å². The number of carboxylic acid groups (broad SMARTS) is 1. The molecule has 0 spiro atoms. The highest BCUT2D eigenvalue weighted by Crippen LogP contribution is 2.35. The summed E-state index contributed by atoms with van der Waals surface area (Å²) >= 11 is 1.54. The number of carbonyl (C=O) groups excluding carboxylic acids is 1. The van der Waals surface area contributed by atoms with E-state index >= 15 is 0 Å². The zero-order chi connectivity index (χ0) is 28.0. The number of aryl methyl sites for hydroxylation is 2. The molecular formula is C30H39N3O4S. The van der Waals surface area contributed by atoms with Crippen molar-refractivity contribution in [2.75, 3.05) is 20.6 Å². The van der Waals surface area contributed by atoms with Crippen LogP contribution in [-0.4, -0.2) is 47.1 Å². The smallest absolute Gasteiger partial charge is 0.305 e. The Hall–Kier alpha value is -3.23. The van der Waals surface area contributed by atoms with Crippen LogP contribution in [0.25, 0.3) is 10.4 Å². The average molecular weight is 538 g/mol. The van der Waals surface area contributed by atoms with Crippen LogP contribution in [0.3, 0.4) is 0 Å². The number of likely N-dealkylation sites (N-methyl/N-ethyl adjacent to an activating group) is 1. The molecule has 0 radical (unpaired) electrons. The second-order valence-electron chi connectivity index (χ2n) is 10.7. The van der Waals surface area contributed by atoms with Crippen LogP contribution in [0.5, 0.6) is 0 Å². The van der Waals surface area contributed by atoms with E-state index in [0.717, 1.165) is 45.7 Å². The predicted molar refractivity (Wildman–Crippen MR) is 154 cm³/mol. The van der Waals surface area contributed by atoms with Gasteiger partial charge in [0.1, 0.15) is 6.04 Å². The number of pyridine rings is 1. The Morgan fingerprint density at radius 3 is 2.39 bits per heavy atom. The molecule has 0 bridgehead atoms. The number of rotatable bonds is 12. The molecule has 3 aromatic rings. The monoisotopic (exact) mass is 537 g/mol. The highest BCUT2D eigenvalue weighted by Gasteiger charge is 2.27. The minimum Gasteiger partial charge on any atom is -0.481 e. The van der Waals surface area contributed by atoms with Crippen molar-refractivity contribution in [2.45, 2.75) is 59.0 Å². The maximum absolute atomic E-state index is 13.7. The van der Waals surface area contributed by atoms with Gasteiger partial charge in [-0.3, -0.25) is 14.4 Å². The second kappa shape index (κ2) is 13.0. The van der Waals surface area contributed by atoms with Gasteiger partial charge >= 0.3 is 5.97 Å². The molecule has 1 amide bonds. The van der Waals surface area contributed by atoms with Gasteiger partial charge in [-0.2, -0.15) is 0 Å². The third-order valence-electron chi connectivity index (χ3n) is 6.63. The van der Waals surface area contributed by atoms with Crippen LogP contribution in [0, 0.1) is 19.8 Å². The van der Waals surface area contributed by atoms with Gasteiger partial charge in [-0.25, -0.2) is 0 Å². The standard InChI is InChI=1S/C30H39N3O4S/c1-19(2)14-25(33-17-22(10-11-27(33)34)12-13-32(5)6)30(37)31-24(16-28(35)36)23-15-26(38-18-23)29-20(3)8-7-9-21(29)4/h7-11,15,17-19,24-25H,12-14,16H2,1-6H3,(H,31,37)(H,35,36)/t24-,25?/m0/s1. The van der Waals surface area contributed by atoms with E-state index in [9.17, 15) is 19.5 Å². The molecule has 8 heteroatoms. The van der Waals surface area contributed by atoms with Crippen LogP contribution < -0.4 is 10.9 Å². The number of carboxylic acids is 1. The van der Waals surface area contributed by atoms with Crippen molar-refractivity contribution < 1.29 is 14.7 Å². The molecule has 1 unspecified atom stereocenters. The minimum atomic E-state index is -1.00. The molecule has 204 valence electrons. The van der Waals surface area contributed by atoms with Gasteiger partial charge in [0.05, 0.1) is 12.5 Å². The van der Waals surface area contributed by atoms with Crippen molar-refractivity contribution in [1.82, 2.24) is 14.8 Å². The van der Waals surface area contributed by atoms with Crippen molar-refractivity contribution in [2.24, 2.45) is 5.92 Å². The molecule has 0 saturated heterocycles. The van der Waals surface area contributed by atoms with E-state index in [1.165, 1.54) is 22.0 Å². The number of nitrogens with zero attached hydrogens (tertiary/aromatic N) is 2. The lowest BCUT2D eigenvalue weighted by Gasteiger charge is -2.25. The fourth-order valence-electron chi connectivity index (χ4n) is 4.65. The Labute approximate surface area is 229 Å². The average Bonchev–Trinajstić information content (AvgIpc) is 3.31. The van der Waals surface area contributed by atoms with Crippen LogP contribution in [-0.2, 0) is 16.0 Å². The molecule has 0 saturated carbocycles. The quantitative estimate of drug-likeness (QED) is 0.331. The van der Waals surface area contributed by atoms with E-state index in [4.69, 9.17) is 0 Å². The van der Waals surface area contributed by atoms with Gasteiger partial charge in [-0.15, -0.1) is 11.3 Å². The molecule has 2 atom stereocenters. The van der Waals surface area contributed by atoms with Gasteiger partial charge in [-0.05, 0) is 86.0 Å². The number of aromatic nitrogens is 1. The largest absolute Gasteiger partial charge is 0.481 e. The van der Waals surface area contributed by atoms with Crippen LogP contribution in [0.2, 0.25) is 0 Å². The van der Waals surface area contributed by atoms with E-state index in [2.05, 4.69) is 36.2 Å². The molecule has 0 fully saturated rings. The molecule has 0 aliphatic rings. The molecule has 3 rings (SSSR count). The van der Waals surface area contributed by atoms with E-state index in [0.29, 0.717) is 6.42 Å². The van der Waals surface area contributed by atoms with Crippen molar-refractivity contribution in [3.05, 3.63) is 80.6 Å². The normalized spacial score (nSPS) is 13.1. The summed E-state index contributed by atoms with van der Waals surface area (Å²) in [4.78, 5) is 41.4. The summed E-state index contributed by atoms with van der Waals surface area (Å²) in [5, 5.41) is 14.5. The zero-order valence-corrected chi connectivity index (χ0v) is 24.0. The summed E-state index contributed by atoms with van der Waals surface area (Å²) in [6.07, 6.45) is 2.73. The van der Waals surface area contributed by atoms with Crippen LogP contribution in [0.4, 0.5) is 0 Å². The maximum Gasteiger partial charge on any atom is 0.305 e. The number of hydrogen-bond acceptors (Lipinski definition) is 5. The number of thiophene rings is 1. The number of carbonyl (C=O) groups is 2. The zero-order valence-electron chi connectivity index (χ0n) is 23.2. The summed E-state index contributed by atoms with van der Waals surface area (Å²) < 4.78 is 1.51. The Bertz CT molecular complexity index is 1300. The Morgan fingerprint density at radius 2 is 1.79 bits per heavy atom. The van der Waals surface area contributed by atoms with Crippen molar-refractivity contribution in [3.63, 3.8) is 0 Å². The molecule has 1 aromatic carbocycles. The van der Waals surface area contributed by atoms with Crippen LogP contribution >= 0.6 is 11.3 Å². The lowest BCUT2D eigenvalue weighted by molar-refractivity contribution is -0.138. The third kappa shape index (κ3) is 7.65. The Balaban J connectivity index is 1.93. The maximum atomic E-state index is 13.7. The first-order valence-corrected chi connectivity index (χ1v) is 13.9. The molecule has 0 aliphatic heterocycles. The Morgan fingerprint density at radius 1 is 1.11 bits per heavy atom. The van der Waals surface area contributed by atoms with Gasteiger partial charge in [-0.1, -0.05) is 38.1 Å². The molecule has 0 aliphatic carbocycles. The predicted octanol–water partition coefficient (Wildman–Crippen LogP) is 5.22. The lowest BCUT2D eigenvalue weighted by Crippen LogP contribution is -2.40. The number of benzene rings is 1. The molecular weight excluding hydrogens is 498 g/mol. The molecule has 38 heavy (non-hydrogen) atoms. The Kier molecular flexibility index (Phi) is 10.1. The fourth-order valence-corrected chi connectivity index (χ4v) is 5.79. The molecule has 2 aromatic heterocycles. The number of hydrogen-bond donors (Lipinski definition) is 2. The highest BCUT2D eigenvalue weighted by atomic mass is 32.1. The van der Waals surface area contributed by atoms with Crippen molar-refractivity contribution >= 4 is 23.2 Å². The lowest BCUT2D eigenvalue weighted by atomic mass is 9.98. The van der Waals surface area contributed by atoms with Crippen LogP contribution in [0.15, 0.2) is 52.8 Å². The van der Waals surface area contributed by atoms with E-state index in [-0.39, 0.29) is 23.8 Å². The first-order chi connectivity index (χ1) is 18.0. The first kappa shape index (κ1) is 29.3. The summed E-state index contributed by atoms with van der Waals surface area (Å²) in [6.45, 7) is 8.94. The second-order valence-corrected chi connectivity index (χ2v) is 11.6. The van der Waals surface area contributed by atoms with E-state index in [1.54, 1.807) is 12.3 Å². The first-order valence-electron chi connectivity index (χ1n) is 13.0. The van der Waals surface area contributed by atoms with E-state index < -0.39 is 18.1 Å². The van der Waals surface area contributed by atoms with Gasteiger partial charge in [0.25, 0.3) is 5.56 Å².